The van der Waals surface area contributed by atoms with Gasteiger partial charge in [0.15, 0.2) is 0 Å². The summed E-state index contributed by atoms with van der Waals surface area (Å²) in [5, 5.41) is 4.45. The van der Waals surface area contributed by atoms with E-state index in [4.69, 9.17) is 0 Å². The fraction of sp³-hybridized carbons (Fsp3) is 0.0882. The quantitative estimate of drug-likeness (QED) is 0.139. The third kappa shape index (κ3) is 7.38. The number of hydrogen-bond acceptors (Lipinski definition) is 3. The Bertz CT molecular complexity index is 1890. The van der Waals surface area contributed by atoms with Gasteiger partial charge in [0.2, 0.25) is 6.41 Å². The van der Waals surface area contributed by atoms with Crippen molar-refractivity contribution in [2.24, 2.45) is 0 Å². The van der Waals surface area contributed by atoms with Crippen LogP contribution in [0.3, 0.4) is 0 Å². The Morgan fingerprint density at radius 2 is 1.49 bits per heavy atom. The summed E-state index contributed by atoms with van der Waals surface area (Å²) in [5.74, 6) is -0.851. The molecule has 2 amide bonds. The maximum absolute atomic E-state index is 13.4. The summed E-state index contributed by atoms with van der Waals surface area (Å²) >= 11 is 0. The Morgan fingerprint density at radius 3 is 2.22 bits per heavy atom. The number of hydrogen-bond donors (Lipinski definition) is 1. The van der Waals surface area contributed by atoms with E-state index < -0.39 is 29.4 Å². The highest BCUT2D eigenvalue weighted by Crippen LogP contribution is 2.35. The van der Waals surface area contributed by atoms with E-state index in [0.29, 0.717) is 23.7 Å². The second kappa shape index (κ2) is 12.7. The van der Waals surface area contributed by atoms with Crippen molar-refractivity contribution in [3.05, 3.63) is 137 Å². The van der Waals surface area contributed by atoms with E-state index in [1.807, 2.05) is 30.3 Å². The number of rotatable bonds is 8. The van der Waals surface area contributed by atoms with Crippen LogP contribution in [0.5, 0.6) is 0 Å². The molecular weight excluding hydrogens is 596 g/mol. The highest BCUT2D eigenvalue weighted by Gasteiger charge is 2.32. The highest BCUT2D eigenvalue weighted by molar-refractivity contribution is 6.05. The zero-order valence-corrected chi connectivity index (χ0v) is 23.2. The number of benzene rings is 4. The summed E-state index contributed by atoms with van der Waals surface area (Å²) in [6.07, 6.45) is -3.48. The van der Waals surface area contributed by atoms with Crippen molar-refractivity contribution in [2.45, 2.75) is 18.8 Å². The number of carbonyl (C=O) groups is 2. The average molecular weight is 620 g/mol. The Kier molecular flexibility index (Phi) is 8.71. The lowest BCUT2D eigenvalue weighted by Gasteiger charge is -2.21. The molecule has 0 saturated heterocycles. The first kappa shape index (κ1) is 31.0. The number of allylic oxidation sites excluding steroid dienone is 1. The second-order valence-electron chi connectivity index (χ2n) is 9.97. The van der Waals surface area contributed by atoms with Crippen molar-refractivity contribution < 1.29 is 35.9 Å². The highest BCUT2D eigenvalue weighted by atomic mass is 19.4. The van der Waals surface area contributed by atoms with Crippen LogP contribution in [-0.2, 0) is 23.6 Å². The van der Waals surface area contributed by atoms with Gasteiger partial charge < -0.3 is 5.32 Å². The molecule has 0 fully saturated rings. The Hall–Kier alpha value is -5.45. The fourth-order valence-corrected chi connectivity index (χ4v) is 4.73. The minimum atomic E-state index is -4.66. The number of nitrogens with one attached hydrogen (secondary N) is 1. The topological polar surface area (TPSA) is 62.3 Å². The molecule has 0 saturated carbocycles. The average Bonchev–Trinajstić information content (AvgIpc) is 3.01. The maximum Gasteiger partial charge on any atom is 0.416 e. The molecule has 0 radical (unpaired) electrons. The van der Waals surface area contributed by atoms with Gasteiger partial charge in [-0.25, -0.2) is 0 Å². The van der Waals surface area contributed by atoms with Gasteiger partial charge in [-0.15, -0.1) is 0 Å². The second-order valence-corrected chi connectivity index (χ2v) is 9.97. The standard InChI is InChI=1S/C34H23F6N3O2/c35-33(36,37)25-9-4-8-24(18-25)32(45)42-27-16-22(6-3-13-31-30-12-2-1-7-23(30)14-15-41-31)17-29(20-27)43(21-44)28-11-5-10-26(19-28)34(38,39)40/h1-5,7-21H,6H2,(H,42,45). The molecule has 1 aromatic heterocycles. The van der Waals surface area contributed by atoms with E-state index in [2.05, 4.69) is 10.3 Å². The van der Waals surface area contributed by atoms with Crippen LogP contribution in [0.2, 0.25) is 0 Å². The molecule has 5 nitrogen and oxygen atoms in total. The number of pyridine rings is 1. The smallest absolute Gasteiger partial charge is 0.322 e. The number of carbonyl (C=O) groups excluding carboxylic acids is 2. The number of fused-ring (bicyclic) bond motifs is 1. The molecule has 5 aromatic rings. The van der Waals surface area contributed by atoms with Gasteiger partial charge in [-0.1, -0.05) is 42.5 Å². The SMILES string of the molecule is O=CN(c1cc(CC=Cc2nccc3ccccc23)cc(NC(=O)c2cccc(C(F)(F)F)c2)c1)c1cccc(C(F)(F)F)c1. The van der Waals surface area contributed by atoms with E-state index in [1.165, 1.54) is 18.2 Å². The molecule has 0 unspecified atom stereocenters. The first-order chi connectivity index (χ1) is 21.4. The summed E-state index contributed by atoms with van der Waals surface area (Å²) in [7, 11) is 0. The van der Waals surface area contributed by atoms with E-state index in [1.54, 1.807) is 30.5 Å². The van der Waals surface area contributed by atoms with Gasteiger partial charge in [0.05, 0.1) is 22.5 Å². The van der Waals surface area contributed by atoms with Gasteiger partial charge in [0.1, 0.15) is 0 Å². The first-order valence-corrected chi connectivity index (χ1v) is 13.5. The van der Waals surface area contributed by atoms with Crippen LogP contribution < -0.4 is 10.2 Å². The van der Waals surface area contributed by atoms with E-state index in [0.717, 1.165) is 46.0 Å². The lowest BCUT2D eigenvalue weighted by molar-refractivity contribution is -0.138. The van der Waals surface area contributed by atoms with Crippen molar-refractivity contribution in [1.29, 1.82) is 0 Å². The minimum Gasteiger partial charge on any atom is -0.322 e. The van der Waals surface area contributed by atoms with Crippen molar-refractivity contribution in [3.8, 4) is 0 Å². The Balaban J connectivity index is 1.51. The van der Waals surface area contributed by atoms with Crippen LogP contribution in [-0.4, -0.2) is 17.3 Å². The monoisotopic (exact) mass is 619 g/mol. The molecule has 0 aliphatic rings. The number of nitrogens with zero attached hydrogens (tertiary/aromatic N) is 2. The molecule has 1 N–H and O–H groups in total. The molecule has 5 rings (SSSR count). The zero-order valence-electron chi connectivity index (χ0n) is 23.2. The summed E-state index contributed by atoms with van der Waals surface area (Å²) in [6, 6.07) is 22.0. The molecule has 45 heavy (non-hydrogen) atoms. The van der Waals surface area contributed by atoms with Crippen LogP contribution in [0.15, 0.2) is 109 Å². The van der Waals surface area contributed by atoms with Crippen molar-refractivity contribution in [2.75, 3.05) is 10.2 Å². The molecule has 0 bridgehead atoms. The fourth-order valence-electron chi connectivity index (χ4n) is 4.73. The molecule has 0 aliphatic heterocycles. The van der Waals surface area contributed by atoms with Gasteiger partial charge in [-0.05, 0) is 84.1 Å². The van der Waals surface area contributed by atoms with Crippen molar-refractivity contribution in [3.63, 3.8) is 0 Å². The molecule has 1 heterocycles. The summed E-state index contributed by atoms with van der Waals surface area (Å²) in [4.78, 5) is 30.6. The number of alkyl halides is 6. The normalized spacial score (nSPS) is 12.0. The molecule has 0 aliphatic carbocycles. The number of amides is 2. The molecule has 0 spiro atoms. The van der Waals surface area contributed by atoms with Gasteiger partial charge in [-0.2, -0.15) is 26.3 Å². The lowest BCUT2D eigenvalue weighted by Crippen LogP contribution is -2.17. The summed E-state index contributed by atoms with van der Waals surface area (Å²) < 4.78 is 79.9. The van der Waals surface area contributed by atoms with E-state index >= 15 is 0 Å². The molecular formula is C34H23F6N3O2. The molecule has 4 aromatic carbocycles. The van der Waals surface area contributed by atoms with Crippen LogP contribution in [0.25, 0.3) is 16.8 Å². The third-order valence-corrected chi connectivity index (χ3v) is 6.86. The zero-order chi connectivity index (χ0) is 32.2. The minimum absolute atomic E-state index is 0.0809. The van der Waals surface area contributed by atoms with Crippen molar-refractivity contribution in [1.82, 2.24) is 4.98 Å². The Labute approximate surface area is 253 Å². The van der Waals surface area contributed by atoms with Crippen LogP contribution >= 0.6 is 0 Å². The number of halogens is 6. The molecule has 228 valence electrons. The third-order valence-electron chi connectivity index (χ3n) is 6.86. The molecule has 11 heteroatoms. The van der Waals surface area contributed by atoms with Gasteiger partial charge in [-0.3, -0.25) is 19.5 Å². The summed E-state index contributed by atoms with van der Waals surface area (Å²) in [5.41, 5.74) is -0.840. The molecule has 0 atom stereocenters. The van der Waals surface area contributed by atoms with E-state index in [9.17, 15) is 35.9 Å². The predicted molar refractivity (Wildman–Crippen MR) is 160 cm³/mol. The summed E-state index contributed by atoms with van der Waals surface area (Å²) in [6.45, 7) is 0. The van der Waals surface area contributed by atoms with Gasteiger partial charge in [0, 0.05) is 28.5 Å². The predicted octanol–water partition coefficient (Wildman–Crippen LogP) is 9.08. The largest absolute Gasteiger partial charge is 0.416 e. The van der Waals surface area contributed by atoms with Crippen molar-refractivity contribution >= 4 is 46.2 Å². The van der Waals surface area contributed by atoms with Crippen LogP contribution in [0.4, 0.5) is 43.4 Å². The van der Waals surface area contributed by atoms with E-state index in [-0.39, 0.29) is 29.0 Å². The maximum atomic E-state index is 13.4. The number of anilines is 3. The van der Waals surface area contributed by atoms with Gasteiger partial charge in [0.25, 0.3) is 5.91 Å². The van der Waals surface area contributed by atoms with Crippen LogP contribution in [0.1, 0.15) is 32.7 Å². The van der Waals surface area contributed by atoms with Crippen LogP contribution in [0, 0.1) is 0 Å². The number of aromatic nitrogens is 1. The Morgan fingerprint density at radius 1 is 0.778 bits per heavy atom. The lowest BCUT2D eigenvalue weighted by atomic mass is 10.1. The van der Waals surface area contributed by atoms with Gasteiger partial charge >= 0.3 is 12.4 Å². The first-order valence-electron chi connectivity index (χ1n) is 13.5.